The molecule has 1 N–H and O–H groups in total. The van der Waals surface area contributed by atoms with Crippen LogP contribution in [-0.2, 0) is 6.54 Å². The van der Waals surface area contributed by atoms with Gasteiger partial charge < -0.3 is 10.1 Å². The smallest absolute Gasteiger partial charge is 0.218 e. The number of ether oxygens (including phenoxy) is 1. The Kier molecular flexibility index (Phi) is 3.27. The Labute approximate surface area is 92.5 Å². The summed E-state index contributed by atoms with van der Waals surface area (Å²) in [6, 6.07) is 1.74. The standard InChI is InChI=1S/C9H12N6O/c1-16-9-6-8(11-7-12-9)10-2-4-15-5-3-13-14-15/h3,5-7H,2,4H2,1H3,(H,10,11,12). The topological polar surface area (TPSA) is 77.8 Å². The van der Waals surface area contributed by atoms with Gasteiger partial charge in [0.1, 0.15) is 12.1 Å². The van der Waals surface area contributed by atoms with E-state index in [4.69, 9.17) is 4.74 Å². The van der Waals surface area contributed by atoms with Crippen molar-refractivity contribution in [2.75, 3.05) is 19.0 Å². The summed E-state index contributed by atoms with van der Waals surface area (Å²) in [4.78, 5) is 7.97. The minimum atomic E-state index is 0.540. The largest absolute Gasteiger partial charge is 0.481 e. The van der Waals surface area contributed by atoms with Crippen LogP contribution in [0.4, 0.5) is 5.82 Å². The van der Waals surface area contributed by atoms with Crippen LogP contribution in [0.5, 0.6) is 5.88 Å². The minimum Gasteiger partial charge on any atom is -0.481 e. The average Bonchev–Trinajstić information content (AvgIpc) is 2.82. The average molecular weight is 220 g/mol. The normalized spacial score (nSPS) is 10.1. The minimum absolute atomic E-state index is 0.540. The fraction of sp³-hybridized carbons (Fsp3) is 0.333. The van der Waals surface area contributed by atoms with Gasteiger partial charge in [0, 0.05) is 18.8 Å². The maximum atomic E-state index is 4.99. The van der Waals surface area contributed by atoms with Gasteiger partial charge in [-0.2, -0.15) is 0 Å². The maximum absolute atomic E-state index is 4.99. The number of aromatic nitrogens is 5. The fourth-order valence-electron chi connectivity index (χ4n) is 1.20. The highest BCUT2D eigenvalue weighted by atomic mass is 16.5. The quantitative estimate of drug-likeness (QED) is 0.775. The molecule has 0 unspecified atom stereocenters. The molecule has 2 heterocycles. The first-order chi connectivity index (χ1) is 7.88. The van der Waals surface area contributed by atoms with Crippen LogP contribution in [0.25, 0.3) is 0 Å². The van der Waals surface area contributed by atoms with Crippen LogP contribution in [0.15, 0.2) is 24.8 Å². The molecule has 0 spiro atoms. The highest BCUT2D eigenvalue weighted by Gasteiger charge is 1.97. The molecule has 0 saturated heterocycles. The lowest BCUT2D eigenvalue weighted by atomic mass is 10.5. The highest BCUT2D eigenvalue weighted by Crippen LogP contribution is 2.09. The third kappa shape index (κ3) is 2.66. The van der Waals surface area contributed by atoms with Crippen molar-refractivity contribution in [2.24, 2.45) is 0 Å². The van der Waals surface area contributed by atoms with Crippen molar-refractivity contribution in [2.45, 2.75) is 6.54 Å². The van der Waals surface area contributed by atoms with Gasteiger partial charge in [0.25, 0.3) is 0 Å². The van der Waals surface area contributed by atoms with Crippen molar-refractivity contribution in [3.63, 3.8) is 0 Å². The van der Waals surface area contributed by atoms with Crippen molar-refractivity contribution < 1.29 is 4.74 Å². The molecule has 0 atom stereocenters. The molecular weight excluding hydrogens is 208 g/mol. The summed E-state index contributed by atoms with van der Waals surface area (Å²) in [7, 11) is 1.57. The second-order valence-corrected chi connectivity index (χ2v) is 3.04. The van der Waals surface area contributed by atoms with Gasteiger partial charge in [-0.05, 0) is 0 Å². The molecule has 0 bridgehead atoms. The number of methoxy groups -OCH3 is 1. The molecule has 2 rings (SSSR count). The van der Waals surface area contributed by atoms with Crippen LogP contribution in [0.3, 0.4) is 0 Å². The molecule has 0 fully saturated rings. The van der Waals surface area contributed by atoms with Gasteiger partial charge in [-0.1, -0.05) is 5.21 Å². The molecule has 0 amide bonds. The Morgan fingerprint density at radius 3 is 3.12 bits per heavy atom. The van der Waals surface area contributed by atoms with E-state index >= 15 is 0 Å². The van der Waals surface area contributed by atoms with Crippen LogP contribution in [0, 0.1) is 0 Å². The van der Waals surface area contributed by atoms with Gasteiger partial charge in [-0.25, -0.2) is 9.97 Å². The molecule has 2 aromatic rings. The third-order valence-electron chi connectivity index (χ3n) is 1.97. The van der Waals surface area contributed by atoms with E-state index < -0.39 is 0 Å². The molecule has 0 radical (unpaired) electrons. The molecule has 0 aliphatic carbocycles. The van der Waals surface area contributed by atoms with E-state index in [1.807, 2.05) is 6.20 Å². The molecule has 84 valence electrons. The molecule has 0 saturated carbocycles. The molecule has 0 aliphatic heterocycles. The molecule has 2 aromatic heterocycles. The van der Waals surface area contributed by atoms with Gasteiger partial charge in [-0.15, -0.1) is 5.10 Å². The Morgan fingerprint density at radius 2 is 2.38 bits per heavy atom. The van der Waals surface area contributed by atoms with Gasteiger partial charge >= 0.3 is 0 Å². The summed E-state index contributed by atoms with van der Waals surface area (Å²) in [6.45, 7) is 1.44. The van der Waals surface area contributed by atoms with E-state index in [2.05, 4.69) is 25.6 Å². The first-order valence-corrected chi connectivity index (χ1v) is 4.82. The summed E-state index contributed by atoms with van der Waals surface area (Å²) in [5, 5.41) is 10.7. The lowest BCUT2D eigenvalue weighted by Crippen LogP contribution is -2.12. The van der Waals surface area contributed by atoms with E-state index in [0.717, 1.165) is 12.4 Å². The lowest BCUT2D eigenvalue weighted by molar-refractivity contribution is 0.397. The number of nitrogens with one attached hydrogen (secondary N) is 1. The Bertz CT molecular complexity index is 429. The second-order valence-electron chi connectivity index (χ2n) is 3.04. The number of nitrogens with zero attached hydrogens (tertiary/aromatic N) is 5. The summed E-state index contributed by atoms with van der Waals surface area (Å²) < 4.78 is 6.73. The van der Waals surface area contributed by atoms with E-state index in [9.17, 15) is 0 Å². The van der Waals surface area contributed by atoms with Gasteiger partial charge in [0.15, 0.2) is 0 Å². The predicted molar refractivity (Wildman–Crippen MR) is 57.1 cm³/mol. The van der Waals surface area contributed by atoms with Crippen molar-refractivity contribution in [3.8, 4) is 5.88 Å². The van der Waals surface area contributed by atoms with Crippen LogP contribution in [0.1, 0.15) is 0 Å². The zero-order valence-corrected chi connectivity index (χ0v) is 8.87. The number of hydrogen-bond donors (Lipinski definition) is 1. The Hall–Kier alpha value is -2.18. The molecule has 16 heavy (non-hydrogen) atoms. The third-order valence-corrected chi connectivity index (χ3v) is 1.97. The molecular formula is C9H12N6O. The lowest BCUT2D eigenvalue weighted by Gasteiger charge is -2.05. The summed E-state index contributed by atoms with van der Waals surface area (Å²) in [6.07, 6.45) is 4.91. The van der Waals surface area contributed by atoms with Crippen molar-refractivity contribution in [1.82, 2.24) is 25.0 Å². The maximum Gasteiger partial charge on any atom is 0.218 e. The Balaban J connectivity index is 1.85. The fourth-order valence-corrected chi connectivity index (χ4v) is 1.20. The number of hydrogen-bond acceptors (Lipinski definition) is 6. The van der Waals surface area contributed by atoms with Crippen molar-refractivity contribution in [3.05, 3.63) is 24.8 Å². The van der Waals surface area contributed by atoms with Crippen molar-refractivity contribution >= 4 is 5.82 Å². The SMILES string of the molecule is COc1cc(NCCn2ccnn2)ncn1. The van der Waals surface area contributed by atoms with Crippen LogP contribution in [-0.4, -0.2) is 38.6 Å². The predicted octanol–water partition coefficient (Wildman–Crippen LogP) is 0.189. The first-order valence-electron chi connectivity index (χ1n) is 4.82. The number of rotatable bonds is 5. The molecule has 0 aliphatic rings. The van der Waals surface area contributed by atoms with Gasteiger partial charge in [0.05, 0.1) is 19.9 Å². The number of anilines is 1. The zero-order chi connectivity index (χ0) is 11.2. The molecule has 0 aromatic carbocycles. The van der Waals surface area contributed by atoms with Crippen molar-refractivity contribution in [1.29, 1.82) is 0 Å². The van der Waals surface area contributed by atoms with E-state index in [1.54, 1.807) is 24.1 Å². The van der Waals surface area contributed by atoms with E-state index in [0.29, 0.717) is 12.4 Å². The zero-order valence-electron chi connectivity index (χ0n) is 8.87. The molecule has 7 nitrogen and oxygen atoms in total. The monoisotopic (exact) mass is 220 g/mol. The van der Waals surface area contributed by atoms with Crippen LogP contribution >= 0.6 is 0 Å². The summed E-state index contributed by atoms with van der Waals surface area (Å²) in [5.74, 6) is 1.27. The molecule has 7 heteroatoms. The Morgan fingerprint density at radius 1 is 1.44 bits per heavy atom. The van der Waals surface area contributed by atoms with E-state index in [1.165, 1.54) is 6.33 Å². The van der Waals surface area contributed by atoms with E-state index in [-0.39, 0.29) is 0 Å². The second kappa shape index (κ2) is 5.06. The summed E-state index contributed by atoms with van der Waals surface area (Å²) >= 11 is 0. The van der Waals surface area contributed by atoms with Gasteiger partial charge in [-0.3, -0.25) is 4.68 Å². The highest BCUT2D eigenvalue weighted by molar-refractivity contribution is 5.36. The summed E-state index contributed by atoms with van der Waals surface area (Å²) in [5.41, 5.74) is 0. The van der Waals surface area contributed by atoms with Crippen LogP contribution < -0.4 is 10.1 Å². The van der Waals surface area contributed by atoms with Crippen LogP contribution in [0.2, 0.25) is 0 Å². The van der Waals surface area contributed by atoms with Gasteiger partial charge in [0.2, 0.25) is 5.88 Å². The first kappa shape index (κ1) is 10.3.